The van der Waals surface area contributed by atoms with E-state index in [0.29, 0.717) is 17.9 Å². The van der Waals surface area contributed by atoms with Crippen molar-refractivity contribution < 1.29 is 69.1 Å². The molecule has 0 amide bonds. The molecule has 0 saturated heterocycles. The summed E-state index contributed by atoms with van der Waals surface area (Å²) in [7, 11) is 0. The zero-order valence-corrected chi connectivity index (χ0v) is 13.4. The predicted octanol–water partition coefficient (Wildman–Crippen LogP) is 0.00832. The molecule has 0 N–H and O–H groups in total. The molecule has 1 aromatic rings. The van der Waals surface area contributed by atoms with Crippen LogP contribution in [0, 0.1) is 6.92 Å². The summed E-state index contributed by atoms with van der Waals surface area (Å²) in [6.45, 7) is 2.43. The summed E-state index contributed by atoms with van der Waals surface area (Å²) in [5.41, 5.74) is 0.710. The standard InChI is InChI=1S/C11H13BF3O.K/c1-8(2)7-16-11-5-4-10(6-9(11)3)12(13,14)15;/h4-6H,1,7H2,2-3H3;/q-1;+1. The molecule has 0 atom stereocenters. The van der Waals surface area contributed by atoms with Crippen LogP contribution in [0.15, 0.2) is 30.4 Å². The normalized spacial score (nSPS) is 10.6. The quantitative estimate of drug-likeness (QED) is 0.552. The molecule has 1 aromatic carbocycles. The zero-order valence-electron chi connectivity index (χ0n) is 10.3. The van der Waals surface area contributed by atoms with Crippen molar-refractivity contribution in [3.8, 4) is 5.75 Å². The maximum atomic E-state index is 12.4. The van der Waals surface area contributed by atoms with Crippen LogP contribution < -0.4 is 61.6 Å². The van der Waals surface area contributed by atoms with E-state index in [9.17, 15) is 12.9 Å². The zero-order chi connectivity index (χ0) is 12.3. The summed E-state index contributed by atoms with van der Waals surface area (Å²) in [5, 5.41) is 0. The van der Waals surface area contributed by atoms with Gasteiger partial charge in [0.15, 0.2) is 0 Å². The van der Waals surface area contributed by atoms with Crippen molar-refractivity contribution in [3.05, 3.63) is 35.9 Å². The Morgan fingerprint density at radius 1 is 1.35 bits per heavy atom. The predicted molar refractivity (Wildman–Crippen MR) is 60.2 cm³/mol. The first-order valence-corrected chi connectivity index (χ1v) is 4.88. The average Bonchev–Trinajstić information content (AvgIpc) is 2.14. The van der Waals surface area contributed by atoms with Crippen LogP contribution in [0.25, 0.3) is 0 Å². The SMILES string of the molecule is C=C(C)COc1ccc([B-](F)(F)F)cc1C.[K+]. The van der Waals surface area contributed by atoms with E-state index in [1.807, 2.05) is 0 Å². The molecule has 0 aliphatic rings. The van der Waals surface area contributed by atoms with Gasteiger partial charge in [-0.3, -0.25) is 0 Å². The Kier molecular flexibility index (Phi) is 7.10. The Morgan fingerprint density at radius 2 is 1.94 bits per heavy atom. The van der Waals surface area contributed by atoms with E-state index in [4.69, 9.17) is 4.74 Å². The molecule has 0 bridgehead atoms. The van der Waals surface area contributed by atoms with Crippen LogP contribution in [0.2, 0.25) is 0 Å². The van der Waals surface area contributed by atoms with Crippen molar-refractivity contribution in [1.29, 1.82) is 0 Å². The van der Waals surface area contributed by atoms with Gasteiger partial charge in [0.1, 0.15) is 12.4 Å². The van der Waals surface area contributed by atoms with Crippen molar-refractivity contribution in [2.45, 2.75) is 13.8 Å². The van der Waals surface area contributed by atoms with Crippen LogP contribution in [-0.2, 0) is 0 Å². The van der Waals surface area contributed by atoms with Crippen molar-refractivity contribution >= 4 is 12.4 Å². The molecule has 0 heterocycles. The second-order valence-corrected chi connectivity index (χ2v) is 3.85. The third-order valence-electron chi connectivity index (χ3n) is 2.05. The van der Waals surface area contributed by atoms with Gasteiger partial charge in [-0.2, -0.15) is 0 Å². The van der Waals surface area contributed by atoms with Gasteiger partial charge >= 0.3 is 58.4 Å². The van der Waals surface area contributed by atoms with Crippen molar-refractivity contribution in [2.75, 3.05) is 6.61 Å². The van der Waals surface area contributed by atoms with E-state index >= 15 is 0 Å². The summed E-state index contributed by atoms with van der Waals surface area (Å²) >= 11 is 0. The molecule has 0 aliphatic carbocycles. The molecule has 0 unspecified atom stereocenters. The van der Waals surface area contributed by atoms with Crippen LogP contribution in [0.4, 0.5) is 12.9 Å². The third kappa shape index (κ3) is 5.61. The third-order valence-corrected chi connectivity index (χ3v) is 2.05. The van der Waals surface area contributed by atoms with Crippen LogP contribution in [-0.4, -0.2) is 13.6 Å². The van der Waals surface area contributed by atoms with Crippen LogP contribution in [0.1, 0.15) is 12.5 Å². The smallest absolute Gasteiger partial charge is 0.489 e. The minimum Gasteiger partial charge on any atom is -0.489 e. The van der Waals surface area contributed by atoms with Gasteiger partial charge < -0.3 is 17.7 Å². The van der Waals surface area contributed by atoms with Gasteiger partial charge in [-0.1, -0.05) is 18.7 Å². The largest absolute Gasteiger partial charge is 1.00 e. The molecule has 0 saturated carbocycles. The fourth-order valence-corrected chi connectivity index (χ4v) is 1.24. The fraction of sp³-hybridized carbons (Fsp3) is 0.273. The summed E-state index contributed by atoms with van der Waals surface area (Å²) in [6.07, 6.45) is 0. The van der Waals surface area contributed by atoms with E-state index in [1.165, 1.54) is 6.07 Å². The fourth-order valence-electron chi connectivity index (χ4n) is 1.24. The molecule has 0 aromatic heterocycles. The minimum absolute atomic E-state index is 0. The van der Waals surface area contributed by atoms with E-state index in [-0.39, 0.29) is 51.4 Å². The van der Waals surface area contributed by atoms with Gasteiger partial charge in [0.25, 0.3) is 0 Å². The minimum atomic E-state index is -4.94. The number of rotatable bonds is 4. The molecule has 17 heavy (non-hydrogen) atoms. The second kappa shape index (κ2) is 6.99. The molecule has 0 fully saturated rings. The first-order valence-electron chi connectivity index (χ1n) is 4.88. The molecule has 1 rings (SSSR count). The van der Waals surface area contributed by atoms with E-state index < -0.39 is 12.4 Å². The Balaban J connectivity index is 0.00000256. The summed E-state index contributed by atoms with van der Waals surface area (Å²) < 4.78 is 42.6. The van der Waals surface area contributed by atoms with Gasteiger partial charge in [-0.05, 0) is 31.1 Å². The number of aryl methyl sites for hydroxylation is 1. The van der Waals surface area contributed by atoms with E-state index in [0.717, 1.165) is 17.7 Å². The topological polar surface area (TPSA) is 9.23 Å². The molecule has 1 nitrogen and oxygen atoms in total. The molecule has 6 heteroatoms. The first-order chi connectivity index (χ1) is 7.30. The Labute approximate surface area is 142 Å². The van der Waals surface area contributed by atoms with Crippen molar-refractivity contribution in [2.24, 2.45) is 0 Å². The van der Waals surface area contributed by atoms with Crippen LogP contribution in [0.5, 0.6) is 5.75 Å². The molecule has 0 aliphatic heterocycles. The van der Waals surface area contributed by atoms with Crippen LogP contribution in [0.3, 0.4) is 0 Å². The average molecular weight is 268 g/mol. The summed E-state index contributed by atoms with van der Waals surface area (Å²) in [4.78, 5) is 0. The van der Waals surface area contributed by atoms with Gasteiger partial charge in [-0.25, -0.2) is 0 Å². The van der Waals surface area contributed by atoms with Crippen molar-refractivity contribution in [1.82, 2.24) is 0 Å². The van der Waals surface area contributed by atoms with Gasteiger partial charge in [-0.15, -0.1) is 5.46 Å². The Bertz CT molecular complexity index is 404. The van der Waals surface area contributed by atoms with Crippen molar-refractivity contribution in [3.63, 3.8) is 0 Å². The van der Waals surface area contributed by atoms with Crippen LogP contribution >= 0.6 is 0 Å². The number of halogens is 3. The first kappa shape index (κ1) is 17.3. The summed E-state index contributed by atoms with van der Waals surface area (Å²) in [5.74, 6) is 0.465. The van der Waals surface area contributed by atoms with E-state index in [2.05, 4.69) is 6.58 Å². The van der Waals surface area contributed by atoms with Gasteiger partial charge in [0, 0.05) is 0 Å². The number of ether oxygens (including phenoxy) is 1. The maximum Gasteiger partial charge on any atom is 1.00 e. The van der Waals surface area contributed by atoms with E-state index in [1.54, 1.807) is 13.8 Å². The number of benzene rings is 1. The molecular formula is C11H13BF3KO. The van der Waals surface area contributed by atoms with Gasteiger partial charge in [0.2, 0.25) is 0 Å². The molecule has 88 valence electrons. The molecular weight excluding hydrogens is 255 g/mol. The maximum absolute atomic E-state index is 12.4. The summed E-state index contributed by atoms with van der Waals surface area (Å²) in [6, 6.07) is 3.50. The second-order valence-electron chi connectivity index (χ2n) is 3.85. The Hall–Kier alpha value is 0.251. The molecule has 0 radical (unpaired) electrons. The molecule has 0 spiro atoms. The number of hydrogen-bond donors (Lipinski definition) is 0. The monoisotopic (exact) mass is 268 g/mol. The van der Waals surface area contributed by atoms with Gasteiger partial charge in [0.05, 0.1) is 0 Å². The number of hydrogen-bond acceptors (Lipinski definition) is 1. The Morgan fingerprint density at radius 3 is 2.35 bits per heavy atom.